The topological polar surface area (TPSA) is 50.1 Å². The van der Waals surface area contributed by atoms with Crippen LogP contribution in [0.3, 0.4) is 0 Å². The molecule has 0 unspecified atom stereocenters. The van der Waals surface area contributed by atoms with Crippen molar-refractivity contribution in [2.75, 3.05) is 26.2 Å². The predicted molar refractivity (Wildman–Crippen MR) is 88.1 cm³/mol. The highest BCUT2D eigenvalue weighted by Gasteiger charge is 2.28. The molecule has 0 N–H and O–H groups in total. The third kappa shape index (κ3) is 3.71. The minimum atomic E-state index is 0.547. The van der Waals surface area contributed by atoms with E-state index in [0.29, 0.717) is 6.04 Å². The molecule has 23 heavy (non-hydrogen) atoms. The van der Waals surface area contributed by atoms with E-state index >= 15 is 0 Å². The number of halogens is 1. The number of tetrazole rings is 1. The largest absolute Gasteiger partial charge is 0.297 e. The van der Waals surface area contributed by atoms with Crippen molar-refractivity contribution in [3.63, 3.8) is 0 Å². The molecule has 2 aliphatic rings. The molecule has 1 saturated carbocycles. The van der Waals surface area contributed by atoms with Crippen LogP contribution in [0.1, 0.15) is 30.3 Å². The van der Waals surface area contributed by atoms with Gasteiger partial charge in [0.2, 0.25) is 0 Å². The van der Waals surface area contributed by atoms with E-state index < -0.39 is 0 Å². The SMILES string of the molecule is Clc1ccc(CN2CCN(Cc3nnnn3C3CC3)CC2)cc1. The fourth-order valence-electron chi connectivity index (χ4n) is 3.07. The van der Waals surface area contributed by atoms with E-state index in [1.165, 1.54) is 18.4 Å². The van der Waals surface area contributed by atoms with Gasteiger partial charge in [0.1, 0.15) is 0 Å². The first-order chi connectivity index (χ1) is 11.3. The smallest absolute Gasteiger partial charge is 0.165 e. The summed E-state index contributed by atoms with van der Waals surface area (Å²) in [5.74, 6) is 1.01. The molecule has 0 amide bonds. The van der Waals surface area contributed by atoms with Crippen LogP contribution in [0.15, 0.2) is 24.3 Å². The molecule has 4 rings (SSSR count). The van der Waals surface area contributed by atoms with Gasteiger partial charge < -0.3 is 0 Å². The molecule has 1 aliphatic carbocycles. The maximum absolute atomic E-state index is 5.94. The molecule has 1 aromatic carbocycles. The van der Waals surface area contributed by atoms with Gasteiger partial charge in [-0.3, -0.25) is 9.80 Å². The molecule has 0 bridgehead atoms. The van der Waals surface area contributed by atoms with E-state index in [1.54, 1.807) is 0 Å². The summed E-state index contributed by atoms with van der Waals surface area (Å²) in [7, 11) is 0. The van der Waals surface area contributed by atoms with Crippen LogP contribution in [0.25, 0.3) is 0 Å². The van der Waals surface area contributed by atoms with Crippen LogP contribution in [0, 0.1) is 0 Å². The number of hydrogen-bond acceptors (Lipinski definition) is 5. The van der Waals surface area contributed by atoms with Crippen molar-refractivity contribution in [3.05, 3.63) is 40.7 Å². The Labute approximate surface area is 141 Å². The summed E-state index contributed by atoms with van der Waals surface area (Å²) in [5.41, 5.74) is 1.32. The van der Waals surface area contributed by atoms with E-state index in [2.05, 4.69) is 37.5 Å². The molecule has 6 nitrogen and oxygen atoms in total. The van der Waals surface area contributed by atoms with Gasteiger partial charge in [-0.1, -0.05) is 23.7 Å². The van der Waals surface area contributed by atoms with E-state index in [4.69, 9.17) is 11.6 Å². The van der Waals surface area contributed by atoms with Crippen molar-refractivity contribution < 1.29 is 0 Å². The zero-order valence-electron chi connectivity index (χ0n) is 13.1. The number of rotatable bonds is 5. The van der Waals surface area contributed by atoms with Gasteiger partial charge in [0, 0.05) is 37.7 Å². The number of piperazine rings is 1. The maximum Gasteiger partial charge on any atom is 0.165 e. The molecule has 2 aromatic rings. The molecule has 0 spiro atoms. The Morgan fingerprint density at radius 3 is 2.26 bits per heavy atom. The average molecular weight is 333 g/mol. The van der Waals surface area contributed by atoms with Gasteiger partial charge in [0.15, 0.2) is 5.82 Å². The summed E-state index contributed by atoms with van der Waals surface area (Å²) in [5, 5.41) is 13.0. The highest BCUT2D eigenvalue weighted by atomic mass is 35.5. The maximum atomic E-state index is 5.94. The first-order valence-electron chi connectivity index (χ1n) is 8.24. The molecular formula is C16H21ClN6. The van der Waals surface area contributed by atoms with Gasteiger partial charge in [0.05, 0.1) is 12.6 Å². The molecule has 2 heterocycles. The van der Waals surface area contributed by atoms with Crippen LogP contribution in [0.2, 0.25) is 5.02 Å². The molecule has 7 heteroatoms. The standard InChI is InChI=1S/C16H21ClN6/c17-14-3-1-13(2-4-14)11-21-7-9-22(10-8-21)12-16-18-19-20-23(16)15-5-6-15/h1-4,15H,5-12H2. The van der Waals surface area contributed by atoms with E-state index in [9.17, 15) is 0 Å². The van der Waals surface area contributed by atoms with Gasteiger partial charge in [-0.05, 0) is 41.0 Å². The van der Waals surface area contributed by atoms with Crippen molar-refractivity contribution >= 4 is 11.6 Å². The van der Waals surface area contributed by atoms with E-state index in [0.717, 1.165) is 50.1 Å². The molecule has 122 valence electrons. The quantitative estimate of drug-likeness (QED) is 0.838. The molecule has 1 aromatic heterocycles. The average Bonchev–Trinajstić information content (AvgIpc) is 3.31. The van der Waals surface area contributed by atoms with Gasteiger partial charge in [-0.25, -0.2) is 4.68 Å². The Morgan fingerprint density at radius 2 is 1.61 bits per heavy atom. The lowest BCUT2D eigenvalue weighted by molar-refractivity contribution is 0.118. The molecule has 0 radical (unpaired) electrons. The number of aromatic nitrogens is 4. The van der Waals surface area contributed by atoms with E-state index in [-0.39, 0.29) is 0 Å². The third-order valence-corrected chi connectivity index (χ3v) is 4.86. The lowest BCUT2D eigenvalue weighted by Gasteiger charge is -2.34. The van der Waals surface area contributed by atoms with Crippen molar-refractivity contribution in [2.45, 2.75) is 32.0 Å². The number of benzene rings is 1. The Kier molecular flexibility index (Phi) is 4.29. The second kappa shape index (κ2) is 6.55. The van der Waals surface area contributed by atoms with Gasteiger partial charge in [-0.2, -0.15) is 0 Å². The molecule has 0 atom stereocenters. The Morgan fingerprint density at radius 1 is 0.957 bits per heavy atom. The lowest BCUT2D eigenvalue weighted by atomic mass is 10.2. The molecule has 1 aliphatic heterocycles. The van der Waals surface area contributed by atoms with Crippen LogP contribution < -0.4 is 0 Å². The predicted octanol–water partition coefficient (Wildman–Crippen LogP) is 1.98. The van der Waals surface area contributed by atoms with Crippen molar-refractivity contribution in [3.8, 4) is 0 Å². The summed E-state index contributed by atoms with van der Waals surface area (Å²) in [4.78, 5) is 4.94. The minimum Gasteiger partial charge on any atom is -0.297 e. The van der Waals surface area contributed by atoms with Crippen LogP contribution >= 0.6 is 11.6 Å². The molecule has 2 fully saturated rings. The van der Waals surface area contributed by atoms with Gasteiger partial charge in [0.25, 0.3) is 0 Å². The van der Waals surface area contributed by atoms with Crippen molar-refractivity contribution in [1.82, 2.24) is 30.0 Å². The Hall–Kier alpha value is -1.50. The van der Waals surface area contributed by atoms with Gasteiger partial charge in [-0.15, -0.1) is 5.10 Å². The first-order valence-corrected chi connectivity index (χ1v) is 8.61. The zero-order valence-corrected chi connectivity index (χ0v) is 13.9. The normalized spacial score (nSPS) is 20.0. The fourth-order valence-corrected chi connectivity index (χ4v) is 3.20. The van der Waals surface area contributed by atoms with Gasteiger partial charge >= 0.3 is 0 Å². The summed E-state index contributed by atoms with van der Waals surface area (Å²) in [6.07, 6.45) is 2.43. The summed E-state index contributed by atoms with van der Waals surface area (Å²) < 4.78 is 2.01. The van der Waals surface area contributed by atoms with Crippen molar-refractivity contribution in [1.29, 1.82) is 0 Å². The van der Waals surface area contributed by atoms with Crippen LogP contribution in [0.4, 0.5) is 0 Å². The lowest BCUT2D eigenvalue weighted by Crippen LogP contribution is -2.45. The second-order valence-corrected chi connectivity index (χ2v) is 6.89. The first kappa shape index (κ1) is 15.1. The van der Waals surface area contributed by atoms with E-state index in [1.807, 2.05) is 16.8 Å². The highest BCUT2D eigenvalue weighted by molar-refractivity contribution is 6.30. The third-order valence-electron chi connectivity index (χ3n) is 4.60. The van der Waals surface area contributed by atoms with Crippen LogP contribution in [-0.4, -0.2) is 56.2 Å². The highest BCUT2D eigenvalue weighted by Crippen LogP contribution is 2.34. The fraction of sp³-hybridized carbons (Fsp3) is 0.562. The molecular weight excluding hydrogens is 312 g/mol. The Balaban J connectivity index is 1.29. The van der Waals surface area contributed by atoms with Crippen LogP contribution in [-0.2, 0) is 13.1 Å². The minimum absolute atomic E-state index is 0.547. The monoisotopic (exact) mass is 332 g/mol. The van der Waals surface area contributed by atoms with Crippen molar-refractivity contribution in [2.24, 2.45) is 0 Å². The number of hydrogen-bond donors (Lipinski definition) is 0. The Bertz CT molecular complexity index is 643. The summed E-state index contributed by atoms with van der Waals surface area (Å²) >= 11 is 5.94. The summed E-state index contributed by atoms with van der Waals surface area (Å²) in [6.45, 7) is 6.13. The number of nitrogens with zero attached hydrogens (tertiary/aromatic N) is 6. The second-order valence-electron chi connectivity index (χ2n) is 6.45. The zero-order chi connectivity index (χ0) is 15.6. The molecule has 1 saturated heterocycles. The van der Waals surface area contributed by atoms with Crippen LogP contribution in [0.5, 0.6) is 0 Å². The summed E-state index contributed by atoms with van der Waals surface area (Å²) in [6, 6.07) is 8.69.